The van der Waals surface area contributed by atoms with Crippen molar-refractivity contribution in [3.05, 3.63) is 34.5 Å². The van der Waals surface area contributed by atoms with Crippen molar-refractivity contribution in [2.24, 2.45) is 4.99 Å². The number of carbonyl (C=O) groups is 2. The second-order valence-corrected chi connectivity index (χ2v) is 8.81. The van der Waals surface area contributed by atoms with Gasteiger partial charge in [0.15, 0.2) is 5.17 Å². The Bertz CT molecular complexity index is 914. The topological polar surface area (TPSA) is 77.5 Å². The number of aliphatic imine (C=N–C) groups is 1. The van der Waals surface area contributed by atoms with E-state index in [1.165, 1.54) is 36.0 Å². The number of amides is 2. The minimum absolute atomic E-state index is 0.208. The molecule has 0 unspecified atom stereocenters. The lowest BCUT2D eigenvalue weighted by atomic mass is 10.0. The molecule has 0 aromatic heterocycles. The molecule has 1 aromatic rings. The molecule has 0 atom stereocenters. The van der Waals surface area contributed by atoms with Gasteiger partial charge in [-0.05, 0) is 69.9 Å². The number of nitrogens with one attached hydrogen (secondary N) is 1. The van der Waals surface area contributed by atoms with Crippen LogP contribution in [0.1, 0.15) is 46.1 Å². The molecule has 0 bridgehead atoms. The highest BCUT2D eigenvalue weighted by Crippen LogP contribution is 2.32. The van der Waals surface area contributed by atoms with Crippen molar-refractivity contribution in [1.82, 2.24) is 20.2 Å². The largest absolute Gasteiger partial charge is 0.415 e. The van der Waals surface area contributed by atoms with E-state index >= 15 is 0 Å². The Morgan fingerprint density at radius 1 is 1.29 bits per heavy atom. The van der Waals surface area contributed by atoms with E-state index in [1.54, 1.807) is 9.91 Å². The van der Waals surface area contributed by atoms with Crippen LogP contribution in [0.2, 0.25) is 0 Å². The zero-order valence-corrected chi connectivity index (χ0v) is 21.7. The summed E-state index contributed by atoms with van der Waals surface area (Å²) >= 11 is 1.20. The maximum absolute atomic E-state index is 14.0. The van der Waals surface area contributed by atoms with Crippen LogP contribution in [0, 0.1) is 5.82 Å². The van der Waals surface area contributed by atoms with E-state index in [0.717, 1.165) is 12.8 Å². The fraction of sp³-hybridized carbons (Fsp3) is 0.542. The smallest absolute Gasteiger partial charge is 0.410 e. The number of ether oxygens (including phenoxy) is 1. The first-order valence-electron chi connectivity index (χ1n) is 11.8. The van der Waals surface area contributed by atoms with E-state index in [2.05, 4.69) is 15.3 Å². The number of carbonyl (C=O) groups excluding carboxylic acids is 2. The predicted octanol–water partition coefficient (Wildman–Crippen LogP) is 4.19. The second kappa shape index (κ2) is 13.5. The van der Waals surface area contributed by atoms with Crippen molar-refractivity contribution in [3.8, 4) is 5.75 Å². The van der Waals surface area contributed by atoms with E-state index < -0.39 is 17.8 Å². The van der Waals surface area contributed by atoms with Crippen LogP contribution in [0.15, 0.2) is 28.1 Å². The van der Waals surface area contributed by atoms with Gasteiger partial charge in [0.2, 0.25) is 0 Å². The quantitative estimate of drug-likeness (QED) is 0.470. The molecule has 1 saturated heterocycles. The Hall–Kier alpha value is -2.43. The molecule has 0 radical (unpaired) electrons. The summed E-state index contributed by atoms with van der Waals surface area (Å²) in [6.07, 6.45) is 2.79. The summed E-state index contributed by atoms with van der Waals surface area (Å²) in [7, 11) is 4.07. The van der Waals surface area contributed by atoms with Gasteiger partial charge in [-0.25, -0.2) is 14.6 Å². The predicted molar refractivity (Wildman–Crippen MR) is 136 cm³/mol. The normalized spacial score (nSPS) is 17.5. The van der Waals surface area contributed by atoms with Crippen molar-refractivity contribution in [2.45, 2.75) is 46.6 Å². The Morgan fingerprint density at radius 2 is 1.97 bits per heavy atom. The number of rotatable bonds is 6. The molecule has 2 amide bonds. The number of hydrogen-bond donors (Lipinski definition) is 1. The molecule has 8 nitrogen and oxygen atoms in total. The Morgan fingerprint density at radius 3 is 2.56 bits per heavy atom. The monoisotopic (exact) mass is 493 g/mol. The van der Waals surface area contributed by atoms with Gasteiger partial charge in [-0.3, -0.25) is 9.80 Å². The first kappa shape index (κ1) is 27.8. The van der Waals surface area contributed by atoms with Gasteiger partial charge < -0.3 is 14.5 Å². The minimum atomic E-state index is -0.483. The lowest BCUT2D eigenvalue weighted by Crippen LogP contribution is -2.45. The number of nitrogens with zero attached hydrogens (tertiary/aromatic N) is 4. The summed E-state index contributed by atoms with van der Waals surface area (Å²) in [4.78, 5) is 33.4. The van der Waals surface area contributed by atoms with Crippen molar-refractivity contribution in [3.63, 3.8) is 0 Å². The molecule has 0 saturated carbocycles. The van der Waals surface area contributed by atoms with Crippen LogP contribution < -0.4 is 10.2 Å². The number of piperidine rings is 1. The Labute approximate surface area is 206 Å². The third-order valence-electron chi connectivity index (χ3n) is 5.41. The van der Waals surface area contributed by atoms with E-state index in [9.17, 15) is 14.0 Å². The van der Waals surface area contributed by atoms with Crippen molar-refractivity contribution >= 4 is 35.0 Å². The molecule has 188 valence electrons. The van der Waals surface area contributed by atoms with Crippen LogP contribution in [0.5, 0.6) is 5.75 Å². The summed E-state index contributed by atoms with van der Waals surface area (Å²) < 4.78 is 19.6. The molecule has 1 N–H and O–H groups in total. The lowest BCUT2D eigenvalue weighted by Gasteiger charge is -2.34. The maximum Gasteiger partial charge on any atom is 0.415 e. The summed E-state index contributed by atoms with van der Waals surface area (Å²) in [5.41, 5.74) is 3.46. The highest BCUT2D eigenvalue weighted by atomic mass is 32.2. The van der Waals surface area contributed by atoms with Crippen LogP contribution >= 0.6 is 11.8 Å². The molecule has 34 heavy (non-hydrogen) atoms. The molecular formula is C24H36FN5O3S. The molecular weight excluding hydrogens is 457 g/mol. The van der Waals surface area contributed by atoms with E-state index in [0.29, 0.717) is 47.9 Å². The minimum Gasteiger partial charge on any atom is -0.410 e. The summed E-state index contributed by atoms with van der Waals surface area (Å²) in [5, 5.41) is 2.32. The SMILES string of the molecule is CC.CCNN(CC)C1=NC(=O)/C(=C\c2cc(F)ccc2OC(=O)N2CCC(N(C)C)CC2)S1. The lowest BCUT2D eigenvalue weighted by molar-refractivity contribution is -0.113. The van der Waals surface area contributed by atoms with Gasteiger partial charge in [-0.2, -0.15) is 4.99 Å². The van der Waals surface area contributed by atoms with Crippen molar-refractivity contribution in [1.29, 1.82) is 0 Å². The molecule has 0 spiro atoms. The third-order valence-corrected chi connectivity index (χ3v) is 6.42. The molecule has 2 aliphatic rings. The number of benzene rings is 1. The Kier molecular flexibility index (Phi) is 11.0. The first-order chi connectivity index (χ1) is 16.3. The molecule has 10 heteroatoms. The van der Waals surface area contributed by atoms with Crippen LogP contribution in [0.4, 0.5) is 9.18 Å². The van der Waals surface area contributed by atoms with Gasteiger partial charge in [-0.1, -0.05) is 20.8 Å². The van der Waals surface area contributed by atoms with Crippen LogP contribution in [0.3, 0.4) is 0 Å². The standard InChI is InChI=1S/C22H30FN5O3S.C2H6/c1-5-24-28(6-2)21-25-20(29)19(32-21)14-15-13-16(23)7-8-18(15)31-22(30)27-11-9-17(10-12-27)26(3)4;1-2/h7-8,13-14,17,24H,5-6,9-12H2,1-4H3;1-2H3/b19-14+;. The third kappa shape index (κ3) is 7.28. The van der Waals surface area contributed by atoms with Crippen molar-refractivity contribution in [2.75, 3.05) is 40.3 Å². The second-order valence-electron chi connectivity index (χ2n) is 7.80. The molecule has 1 fully saturated rings. The number of thioether (sulfide) groups is 1. The molecule has 2 aliphatic heterocycles. The van der Waals surface area contributed by atoms with Crippen LogP contribution in [-0.4, -0.2) is 78.3 Å². The molecule has 3 rings (SSSR count). The van der Waals surface area contributed by atoms with Gasteiger partial charge in [0.05, 0.1) is 4.91 Å². The van der Waals surface area contributed by atoms with E-state index in [1.807, 2.05) is 41.8 Å². The fourth-order valence-corrected chi connectivity index (χ4v) is 4.56. The number of likely N-dealkylation sites (tertiary alicyclic amines) is 1. The molecule has 1 aromatic carbocycles. The summed E-state index contributed by atoms with van der Waals surface area (Å²) in [6.45, 7) is 10.4. The number of hydrazine groups is 1. The van der Waals surface area contributed by atoms with E-state index in [-0.39, 0.29) is 5.75 Å². The summed E-state index contributed by atoms with van der Waals surface area (Å²) in [5.74, 6) is -0.684. The average Bonchev–Trinajstić information content (AvgIpc) is 3.20. The zero-order valence-electron chi connectivity index (χ0n) is 20.9. The highest BCUT2D eigenvalue weighted by molar-refractivity contribution is 8.18. The van der Waals surface area contributed by atoms with Gasteiger partial charge >= 0.3 is 6.09 Å². The number of hydrogen-bond acceptors (Lipinski definition) is 7. The molecule has 0 aliphatic carbocycles. The first-order valence-corrected chi connectivity index (χ1v) is 12.6. The van der Waals surface area contributed by atoms with Crippen LogP contribution in [-0.2, 0) is 4.79 Å². The zero-order chi connectivity index (χ0) is 25.3. The maximum atomic E-state index is 14.0. The molecule has 2 heterocycles. The Balaban J connectivity index is 0.00000199. The average molecular weight is 494 g/mol. The number of amidine groups is 1. The summed E-state index contributed by atoms with van der Waals surface area (Å²) in [6, 6.07) is 4.34. The van der Waals surface area contributed by atoms with Gasteiger partial charge in [0.1, 0.15) is 11.6 Å². The van der Waals surface area contributed by atoms with Gasteiger partial charge in [-0.15, -0.1) is 0 Å². The highest BCUT2D eigenvalue weighted by Gasteiger charge is 2.28. The van der Waals surface area contributed by atoms with E-state index in [4.69, 9.17) is 4.74 Å². The van der Waals surface area contributed by atoms with Gasteiger partial charge in [0, 0.05) is 37.8 Å². The number of halogens is 1. The fourth-order valence-electron chi connectivity index (χ4n) is 3.61. The van der Waals surface area contributed by atoms with Crippen LogP contribution in [0.25, 0.3) is 6.08 Å². The van der Waals surface area contributed by atoms with Gasteiger partial charge in [0.25, 0.3) is 5.91 Å². The van der Waals surface area contributed by atoms with Crippen molar-refractivity contribution < 1.29 is 18.7 Å².